The second-order valence-corrected chi connectivity index (χ2v) is 10.3. The maximum absolute atomic E-state index is 12.7. The number of nitrogens with one attached hydrogen (secondary N) is 2. The van der Waals surface area contributed by atoms with Crippen molar-refractivity contribution in [1.29, 1.82) is 0 Å². The van der Waals surface area contributed by atoms with Gasteiger partial charge in [0, 0.05) is 43.8 Å². The second-order valence-electron chi connectivity index (χ2n) is 9.17. The smallest absolute Gasteiger partial charge is 0.341 e. The molecule has 192 valence electrons. The van der Waals surface area contributed by atoms with Gasteiger partial charge < -0.3 is 15.4 Å². The molecular formula is C29H38N4O2S. The van der Waals surface area contributed by atoms with Crippen LogP contribution in [-0.4, -0.2) is 42.1 Å². The number of aryl methyl sites for hydroxylation is 1. The van der Waals surface area contributed by atoms with E-state index < -0.39 is 0 Å². The minimum absolute atomic E-state index is 0.191. The van der Waals surface area contributed by atoms with E-state index in [0.29, 0.717) is 13.2 Å². The lowest BCUT2D eigenvalue weighted by molar-refractivity contribution is 0.0526. The molecule has 2 aromatic heterocycles. The average molecular weight is 507 g/mol. The summed E-state index contributed by atoms with van der Waals surface area (Å²) in [6.45, 7) is 9.83. The van der Waals surface area contributed by atoms with Gasteiger partial charge in [0.1, 0.15) is 5.00 Å². The highest BCUT2D eigenvalue weighted by Crippen LogP contribution is 2.38. The molecule has 3 aromatic rings. The predicted molar refractivity (Wildman–Crippen MR) is 148 cm³/mol. The van der Waals surface area contributed by atoms with Crippen LogP contribution in [0.1, 0.15) is 64.3 Å². The molecule has 0 bridgehead atoms. The molecule has 1 aliphatic rings. The summed E-state index contributed by atoms with van der Waals surface area (Å²) in [5.41, 5.74) is 5.56. The number of pyridine rings is 1. The highest BCUT2D eigenvalue weighted by atomic mass is 32.1. The zero-order valence-electron chi connectivity index (χ0n) is 21.5. The first-order valence-corrected chi connectivity index (χ1v) is 14.0. The first-order chi connectivity index (χ1) is 17.7. The lowest BCUT2D eigenvalue weighted by atomic mass is 9.95. The average Bonchev–Trinajstić information content (AvgIpc) is 3.29. The lowest BCUT2D eigenvalue weighted by Gasteiger charge is -2.21. The zero-order chi connectivity index (χ0) is 25.2. The molecule has 0 saturated carbocycles. The van der Waals surface area contributed by atoms with E-state index in [2.05, 4.69) is 51.7 Å². The van der Waals surface area contributed by atoms with E-state index in [1.54, 1.807) is 11.3 Å². The van der Waals surface area contributed by atoms with Crippen molar-refractivity contribution in [3.63, 3.8) is 0 Å². The maximum Gasteiger partial charge on any atom is 0.341 e. The highest BCUT2D eigenvalue weighted by molar-refractivity contribution is 7.16. The van der Waals surface area contributed by atoms with Crippen molar-refractivity contribution in [2.24, 2.45) is 0 Å². The molecule has 36 heavy (non-hydrogen) atoms. The topological polar surface area (TPSA) is 66.5 Å². The summed E-state index contributed by atoms with van der Waals surface area (Å²) in [7, 11) is 0. The van der Waals surface area contributed by atoms with Crippen LogP contribution < -0.4 is 10.6 Å². The third-order valence-electron chi connectivity index (χ3n) is 6.62. The number of thiophene rings is 1. The Labute approximate surface area is 219 Å². The Morgan fingerprint density at radius 2 is 1.86 bits per heavy atom. The van der Waals surface area contributed by atoms with Crippen LogP contribution >= 0.6 is 11.3 Å². The number of nitrogens with zero attached hydrogens (tertiary/aromatic N) is 2. The van der Waals surface area contributed by atoms with Gasteiger partial charge in [-0.2, -0.15) is 0 Å². The van der Waals surface area contributed by atoms with Crippen molar-refractivity contribution in [3.8, 4) is 0 Å². The SMILES string of the molecule is CCOC(=O)c1c(NCc2ccc(CN(CC)CCNCc3ccccn3)cc2)sc2c1CCCC2. The van der Waals surface area contributed by atoms with Crippen LogP contribution in [0, 0.1) is 0 Å². The lowest BCUT2D eigenvalue weighted by Crippen LogP contribution is -2.31. The van der Waals surface area contributed by atoms with Gasteiger partial charge in [0.2, 0.25) is 0 Å². The third-order valence-corrected chi connectivity index (χ3v) is 7.87. The number of fused-ring (bicyclic) bond motifs is 1. The number of aromatic nitrogens is 1. The van der Waals surface area contributed by atoms with E-state index in [1.165, 1.54) is 28.0 Å². The molecule has 0 atom stereocenters. The van der Waals surface area contributed by atoms with E-state index in [9.17, 15) is 4.79 Å². The number of carbonyl (C=O) groups is 1. The molecule has 2 heterocycles. The molecule has 0 spiro atoms. The molecule has 1 aliphatic carbocycles. The third kappa shape index (κ3) is 7.15. The van der Waals surface area contributed by atoms with E-state index >= 15 is 0 Å². The minimum atomic E-state index is -0.191. The van der Waals surface area contributed by atoms with E-state index in [-0.39, 0.29) is 5.97 Å². The molecule has 0 aliphatic heterocycles. The van der Waals surface area contributed by atoms with Gasteiger partial charge in [-0.25, -0.2) is 4.79 Å². The van der Waals surface area contributed by atoms with Crippen LogP contribution in [0.4, 0.5) is 5.00 Å². The van der Waals surface area contributed by atoms with Crippen molar-refractivity contribution < 1.29 is 9.53 Å². The summed E-state index contributed by atoms with van der Waals surface area (Å²) < 4.78 is 5.38. The van der Waals surface area contributed by atoms with Gasteiger partial charge in [-0.15, -0.1) is 11.3 Å². The first kappa shape index (κ1) is 26.3. The molecule has 6 nitrogen and oxygen atoms in total. The van der Waals surface area contributed by atoms with Crippen molar-refractivity contribution in [1.82, 2.24) is 15.2 Å². The second kappa shape index (κ2) is 13.5. The fourth-order valence-corrected chi connectivity index (χ4v) is 5.89. The predicted octanol–water partition coefficient (Wildman–Crippen LogP) is 5.42. The number of ether oxygens (including phenoxy) is 1. The maximum atomic E-state index is 12.7. The number of anilines is 1. The van der Waals surface area contributed by atoms with E-state index in [4.69, 9.17) is 4.74 Å². The summed E-state index contributed by atoms with van der Waals surface area (Å²) in [6, 6.07) is 14.8. The van der Waals surface area contributed by atoms with Gasteiger partial charge >= 0.3 is 5.97 Å². The molecule has 0 saturated heterocycles. The Bertz CT molecular complexity index is 1100. The number of likely N-dealkylation sites (N-methyl/N-ethyl adjacent to an activating group) is 1. The zero-order valence-corrected chi connectivity index (χ0v) is 22.3. The van der Waals surface area contributed by atoms with Gasteiger partial charge in [0.05, 0.1) is 17.9 Å². The Morgan fingerprint density at radius 3 is 2.61 bits per heavy atom. The number of benzene rings is 1. The van der Waals surface area contributed by atoms with Crippen LogP contribution in [0.3, 0.4) is 0 Å². The molecule has 0 fully saturated rings. The molecule has 0 unspecified atom stereocenters. The normalized spacial score (nSPS) is 13.0. The molecule has 7 heteroatoms. The number of esters is 1. The van der Waals surface area contributed by atoms with E-state index in [1.807, 2.05) is 31.3 Å². The van der Waals surface area contributed by atoms with Crippen molar-refractivity contribution >= 4 is 22.3 Å². The summed E-state index contributed by atoms with van der Waals surface area (Å²) >= 11 is 1.73. The number of rotatable bonds is 13. The van der Waals surface area contributed by atoms with Crippen LogP contribution in [0.2, 0.25) is 0 Å². The molecule has 2 N–H and O–H groups in total. The first-order valence-electron chi connectivity index (χ1n) is 13.1. The fourth-order valence-electron chi connectivity index (χ4n) is 4.62. The summed E-state index contributed by atoms with van der Waals surface area (Å²) in [5, 5.41) is 7.98. The van der Waals surface area contributed by atoms with Crippen molar-refractivity contribution in [3.05, 3.63) is 81.5 Å². The Kier molecular flexibility index (Phi) is 9.90. The largest absolute Gasteiger partial charge is 0.462 e. The van der Waals surface area contributed by atoms with Gasteiger partial charge in [0.15, 0.2) is 0 Å². The standard InChI is InChI=1S/C29H38N4O2S/c1-3-33(18-17-30-20-24-9-7-8-16-31-24)21-23-14-12-22(13-15-23)19-32-28-27(29(34)35-4-2)25-10-5-6-11-26(25)36-28/h7-9,12-16,30,32H,3-6,10-11,17-21H2,1-2H3. The summed E-state index contributed by atoms with van der Waals surface area (Å²) in [5.74, 6) is -0.191. The minimum Gasteiger partial charge on any atom is -0.462 e. The van der Waals surface area contributed by atoms with Gasteiger partial charge in [-0.05, 0) is 68.0 Å². The number of carbonyl (C=O) groups excluding carboxylic acids is 1. The fraction of sp³-hybridized carbons (Fsp3) is 0.448. The highest BCUT2D eigenvalue weighted by Gasteiger charge is 2.26. The molecule has 4 rings (SSSR count). The molecule has 1 aromatic carbocycles. The monoisotopic (exact) mass is 506 g/mol. The Morgan fingerprint density at radius 1 is 1.06 bits per heavy atom. The van der Waals surface area contributed by atoms with Gasteiger partial charge in [-0.1, -0.05) is 37.3 Å². The number of hydrogen-bond acceptors (Lipinski definition) is 7. The van der Waals surface area contributed by atoms with Crippen LogP contribution in [0.25, 0.3) is 0 Å². The summed E-state index contributed by atoms with van der Waals surface area (Å²) in [4.78, 5) is 20.8. The molecular weight excluding hydrogens is 468 g/mol. The van der Waals surface area contributed by atoms with Crippen LogP contribution in [-0.2, 0) is 37.2 Å². The molecule has 0 amide bonds. The Hall–Kier alpha value is -2.74. The molecule has 0 radical (unpaired) electrons. The van der Waals surface area contributed by atoms with Crippen LogP contribution in [0.15, 0.2) is 48.7 Å². The van der Waals surface area contributed by atoms with Crippen LogP contribution in [0.5, 0.6) is 0 Å². The van der Waals surface area contributed by atoms with E-state index in [0.717, 1.165) is 68.2 Å². The van der Waals surface area contributed by atoms with Crippen molar-refractivity contribution in [2.75, 3.05) is 31.6 Å². The number of hydrogen-bond donors (Lipinski definition) is 2. The Balaban J connectivity index is 1.29. The van der Waals surface area contributed by atoms with Gasteiger partial charge in [-0.3, -0.25) is 9.88 Å². The quantitative estimate of drug-likeness (QED) is 0.238. The van der Waals surface area contributed by atoms with Gasteiger partial charge in [0.25, 0.3) is 0 Å². The summed E-state index contributed by atoms with van der Waals surface area (Å²) in [6.07, 6.45) is 6.22. The van der Waals surface area contributed by atoms with Crippen molar-refractivity contribution in [2.45, 2.75) is 59.2 Å².